The molecule has 1 saturated carbocycles. The lowest BCUT2D eigenvalue weighted by molar-refractivity contribution is -0.361. The van der Waals surface area contributed by atoms with Gasteiger partial charge in [0.15, 0.2) is 25.0 Å². The Bertz CT molecular complexity index is 2030. The van der Waals surface area contributed by atoms with Gasteiger partial charge in [-0.1, -0.05) is 225 Å². The zero-order valence-corrected chi connectivity index (χ0v) is 60.1. The predicted molar refractivity (Wildman–Crippen MR) is 371 cm³/mol. The van der Waals surface area contributed by atoms with Crippen LogP contribution in [0.2, 0.25) is 0 Å². The van der Waals surface area contributed by atoms with Gasteiger partial charge in [-0.2, -0.15) is 0 Å². The summed E-state index contributed by atoms with van der Waals surface area (Å²) in [5.41, 5.74) is 0. The Morgan fingerprint density at radius 3 is 1.29 bits per heavy atom. The molecular formula is C76H136O21. The van der Waals surface area contributed by atoms with Crippen LogP contribution in [0.15, 0.2) is 24.3 Å². The fourth-order valence-corrected chi connectivity index (χ4v) is 13.3. The lowest BCUT2D eigenvalue weighted by atomic mass is 9.96. The summed E-state index contributed by atoms with van der Waals surface area (Å²) < 4.78 is 51.8. The van der Waals surface area contributed by atoms with Crippen molar-refractivity contribution in [2.75, 3.05) is 33.0 Å². The van der Waals surface area contributed by atoms with Gasteiger partial charge in [-0.25, -0.2) is 0 Å². The van der Waals surface area contributed by atoms with Crippen molar-refractivity contribution in [3.05, 3.63) is 24.3 Å². The third-order valence-corrected chi connectivity index (χ3v) is 19.7. The van der Waals surface area contributed by atoms with Crippen molar-refractivity contribution in [2.24, 2.45) is 11.8 Å². The molecule has 3 aliphatic heterocycles. The molecule has 0 aromatic heterocycles. The Morgan fingerprint density at radius 2 is 0.794 bits per heavy atom. The minimum Gasteiger partial charge on any atom is -0.463 e. The van der Waals surface area contributed by atoms with E-state index in [1.807, 2.05) is 0 Å². The molecule has 0 radical (unpaired) electrons. The van der Waals surface area contributed by atoms with Crippen molar-refractivity contribution < 1.29 is 103 Å². The van der Waals surface area contributed by atoms with Crippen LogP contribution >= 0.6 is 0 Å². The molecule has 0 amide bonds. The molecule has 0 bridgehead atoms. The maximum absolute atomic E-state index is 13.4. The molecule has 1 aliphatic carbocycles. The van der Waals surface area contributed by atoms with Crippen LogP contribution in [-0.4, -0.2) is 195 Å². The maximum Gasteiger partial charge on any atom is 0.306 e. The average Bonchev–Trinajstić information content (AvgIpc) is 1.58. The number of aliphatic hydroxyl groups excluding tert-OH is 9. The Kier molecular flexibility index (Phi) is 48.3. The molecule has 0 spiro atoms. The van der Waals surface area contributed by atoms with Gasteiger partial charge in [-0.15, -0.1) is 0 Å². The number of ether oxygens (including phenoxy) is 9. The number of carbonyl (C=O) groups excluding carboxylic acids is 3. The Labute approximate surface area is 582 Å². The fourth-order valence-electron chi connectivity index (χ4n) is 13.3. The van der Waals surface area contributed by atoms with Crippen LogP contribution in [0.1, 0.15) is 297 Å². The molecule has 9 N–H and O–H groups in total. The molecule has 18 atom stereocenters. The van der Waals surface area contributed by atoms with Gasteiger partial charge >= 0.3 is 17.9 Å². The highest BCUT2D eigenvalue weighted by Gasteiger charge is 2.53. The molecule has 0 aromatic carbocycles. The van der Waals surface area contributed by atoms with E-state index in [0.717, 1.165) is 108 Å². The highest BCUT2D eigenvalue weighted by atomic mass is 16.7. The number of hydrogen-bond acceptors (Lipinski definition) is 21. The fraction of sp³-hybridized carbons (Fsp3) is 0.908. The van der Waals surface area contributed by atoms with Crippen LogP contribution in [0.3, 0.4) is 0 Å². The van der Waals surface area contributed by atoms with E-state index in [1.54, 1.807) is 0 Å². The van der Waals surface area contributed by atoms with Crippen LogP contribution in [0, 0.1) is 11.8 Å². The van der Waals surface area contributed by atoms with Crippen LogP contribution in [0.5, 0.6) is 0 Å². The van der Waals surface area contributed by atoms with E-state index in [4.69, 9.17) is 42.6 Å². The van der Waals surface area contributed by atoms with Crippen molar-refractivity contribution in [3.63, 3.8) is 0 Å². The average molecular weight is 1390 g/mol. The van der Waals surface area contributed by atoms with E-state index in [9.17, 15) is 60.3 Å². The van der Waals surface area contributed by atoms with E-state index in [-0.39, 0.29) is 25.9 Å². The summed E-state index contributed by atoms with van der Waals surface area (Å²) in [4.78, 5) is 39.2. The van der Waals surface area contributed by atoms with Crippen molar-refractivity contribution in [1.82, 2.24) is 0 Å². The highest BCUT2D eigenvalue weighted by Crippen LogP contribution is 2.46. The molecule has 4 rings (SSSR count). The van der Waals surface area contributed by atoms with Gasteiger partial charge in [-0.3, -0.25) is 14.4 Å². The van der Waals surface area contributed by atoms with E-state index in [0.29, 0.717) is 19.3 Å². The first kappa shape index (κ1) is 86.7. The minimum absolute atomic E-state index is 0.104. The molecule has 4 fully saturated rings. The van der Waals surface area contributed by atoms with Crippen LogP contribution < -0.4 is 0 Å². The number of aliphatic hydroxyl groups is 9. The molecule has 566 valence electrons. The minimum atomic E-state index is -2.06. The van der Waals surface area contributed by atoms with Crippen molar-refractivity contribution in [2.45, 2.75) is 395 Å². The quantitative estimate of drug-likeness (QED) is 0.0118. The zero-order chi connectivity index (χ0) is 70.3. The maximum atomic E-state index is 13.4. The molecule has 21 nitrogen and oxygen atoms in total. The van der Waals surface area contributed by atoms with Crippen molar-refractivity contribution in [3.8, 4) is 0 Å². The molecule has 21 heteroatoms. The first-order chi connectivity index (χ1) is 47.1. The lowest BCUT2D eigenvalue weighted by Crippen LogP contribution is -2.65. The number of hydrogen-bond donors (Lipinski definition) is 9. The number of unbranched alkanes of at least 4 members (excludes halogenated alkanes) is 31. The first-order valence-electron chi connectivity index (χ1n) is 38.8. The van der Waals surface area contributed by atoms with Crippen molar-refractivity contribution in [1.29, 1.82) is 0 Å². The first-order valence-corrected chi connectivity index (χ1v) is 38.8. The van der Waals surface area contributed by atoms with Crippen LogP contribution in [-0.2, 0) is 57.0 Å². The van der Waals surface area contributed by atoms with Gasteiger partial charge in [0, 0.05) is 19.3 Å². The second-order valence-corrected chi connectivity index (χ2v) is 28.3. The number of rotatable bonds is 59. The Hall–Kier alpha value is -2.71. The van der Waals surface area contributed by atoms with Gasteiger partial charge < -0.3 is 88.6 Å². The predicted octanol–water partition coefficient (Wildman–Crippen LogP) is 11.6. The summed E-state index contributed by atoms with van der Waals surface area (Å²) >= 11 is 0. The van der Waals surface area contributed by atoms with E-state index >= 15 is 0 Å². The van der Waals surface area contributed by atoms with E-state index < -0.39 is 143 Å². The zero-order valence-electron chi connectivity index (χ0n) is 60.1. The Balaban J connectivity index is 1.25. The van der Waals surface area contributed by atoms with Gasteiger partial charge in [-0.05, 0) is 88.9 Å². The van der Waals surface area contributed by atoms with Gasteiger partial charge in [0.05, 0.1) is 19.8 Å². The standard InChI is InChI=1S/C76H136O21/c1-4-7-10-13-16-18-20-22-24-26-28-30-32-37-42-47-62(78)89-52-58(93-64(80)49-44-39-34-36-41-46-57-50-56(57)45-40-35-15-12-9-6-3)53-91-76-73(70(86)65(81)59(51-77)95-76)97-72-69(85)67(83)60(94-74(72)88)55-92-75-71(87)68(84)66(82)61(96-75)54-90-63(79)48-43-38-33-31-29-27-25-23-21-19-17-14-11-8-5-2/h22-25,56-61,65-77,81-88H,4-21,26-55H2,1-3H3/b24-22-,25-23-/t56?,57?,58-,59-,60-,61-,65-,66-,67+,68+,69+,70+,71-,72-,73-,74+,75-,76+/m1/s1. The van der Waals surface area contributed by atoms with Crippen LogP contribution in [0.4, 0.5) is 0 Å². The number of esters is 3. The van der Waals surface area contributed by atoms with Gasteiger partial charge in [0.2, 0.25) is 0 Å². The molecule has 0 aromatic rings. The van der Waals surface area contributed by atoms with Gasteiger partial charge in [0.25, 0.3) is 0 Å². The molecule has 3 heterocycles. The molecule has 97 heavy (non-hydrogen) atoms. The summed E-state index contributed by atoms with van der Waals surface area (Å²) in [6, 6.07) is 0. The second kappa shape index (κ2) is 54.0. The third kappa shape index (κ3) is 36.8. The molecular weight excluding hydrogens is 1250 g/mol. The SMILES string of the molecule is CCCCCCCC/C=C\CCCCCCCC(=O)OC[C@H](CO[C@H]1O[C@H](CO)[C@@H](O)[C@H](O)[C@H]1O[C@@H]1[C@@H](O)[C@@H](O)[C@@H](CO[C@@H]2O[C@H](COC(=O)CCCCCCC/C=C\CCCCCCCC)[C@@H](O)[C@H](O)[C@H]2O)O[C@@H]1O)OC(=O)CCCCCCCC1CC1CCCCCCCC. The summed E-state index contributed by atoms with van der Waals surface area (Å²) in [5, 5.41) is 98.9. The van der Waals surface area contributed by atoms with E-state index in [2.05, 4.69) is 45.1 Å². The topological polar surface area (TPSA) is 316 Å². The smallest absolute Gasteiger partial charge is 0.306 e. The highest BCUT2D eigenvalue weighted by molar-refractivity contribution is 5.70. The summed E-state index contributed by atoms with van der Waals surface area (Å²) in [6.07, 6.45) is 27.6. The van der Waals surface area contributed by atoms with E-state index in [1.165, 1.54) is 141 Å². The molecule has 2 unspecified atom stereocenters. The summed E-state index contributed by atoms with van der Waals surface area (Å²) in [7, 11) is 0. The number of carbonyl (C=O) groups is 3. The lowest BCUT2D eigenvalue weighted by Gasteiger charge is -2.46. The molecule has 4 aliphatic rings. The summed E-state index contributed by atoms with van der Waals surface area (Å²) in [6.45, 7) is 3.90. The van der Waals surface area contributed by atoms with Gasteiger partial charge in [0.1, 0.15) is 86.5 Å². The normalized spacial score (nSPS) is 28.6. The van der Waals surface area contributed by atoms with Crippen LogP contribution in [0.25, 0.3) is 0 Å². The second-order valence-electron chi connectivity index (χ2n) is 28.3. The summed E-state index contributed by atoms with van der Waals surface area (Å²) in [5.74, 6) is 0.172. The molecule has 3 saturated heterocycles. The van der Waals surface area contributed by atoms with Crippen molar-refractivity contribution >= 4 is 17.9 Å². The third-order valence-electron chi connectivity index (χ3n) is 19.7. The Morgan fingerprint density at radius 1 is 0.392 bits per heavy atom. The largest absolute Gasteiger partial charge is 0.463 e. The number of allylic oxidation sites excluding steroid dienone is 4. The monoisotopic (exact) mass is 1380 g/mol.